The molecule has 0 spiro atoms. The maximum absolute atomic E-state index is 11.8. The molecule has 0 aliphatic rings. The number of benzene rings is 4. The molecule has 4 aromatic carbocycles. The summed E-state index contributed by atoms with van der Waals surface area (Å²) in [6.07, 6.45) is 0.715. The Morgan fingerprint density at radius 2 is 1.50 bits per heavy atom. The molecule has 0 heterocycles. The van der Waals surface area contributed by atoms with E-state index in [4.69, 9.17) is 11.6 Å². The predicted octanol–water partition coefficient (Wildman–Crippen LogP) is 5.84. The van der Waals surface area contributed by atoms with Gasteiger partial charge in [-0.05, 0) is 55.9 Å². The number of carbonyl (C=O) groups is 1. The van der Waals surface area contributed by atoms with E-state index in [0.717, 1.165) is 10.9 Å². The van der Waals surface area contributed by atoms with E-state index in [1.54, 1.807) is 0 Å². The lowest BCUT2D eigenvalue weighted by Crippen LogP contribution is -2.06. The summed E-state index contributed by atoms with van der Waals surface area (Å²) in [7, 11) is 0. The summed E-state index contributed by atoms with van der Waals surface area (Å²) in [5.74, 6) is -0.244. The van der Waals surface area contributed by atoms with Crippen LogP contribution >= 0.6 is 11.6 Å². The van der Waals surface area contributed by atoms with Crippen molar-refractivity contribution in [2.45, 2.75) is 19.3 Å². The Bertz CT molecular complexity index is 987. The third-order valence-corrected chi connectivity index (χ3v) is 4.88. The van der Waals surface area contributed by atoms with Gasteiger partial charge in [0.2, 0.25) is 5.24 Å². The van der Waals surface area contributed by atoms with Gasteiger partial charge in [0.15, 0.2) is 0 Å². The van der Waals surface area contributed by atoms with Crippen molar-refractivity contribution >= 4 is 49.2 Å². The van der Waals surface area contributed by atoms with Crippen molar-refractivity contribution in [3.8, 4) is 0 Å². The van der Waals surface area contributed by atoms with Gasteiger partial charge in [-0.15, -0.1) is 0 Å². The van der Waals surface area contributed by atoms with Crippen LogP contribution in [0.3, 0.4) is 0 Å². The molecule has 0 N–H and O–H groups in total. The average molecular weight is 307 g/mol. The van der Waals surface area contributed by atoms with Crippen molar-refractivity contribution < 1.29 is 4.79 Å². The smallest absolute Gasteiger partial charge is 0.229 e. The quantitative estimate of drug-likeness (QED) is 0.343. The molecule has 0 aliphatic heterocycles. The largest absolute Gasteiger partial charge is 0.281 e. The van der Waals surface area contributed by atoms with E-state index in [2.05, 4.69) is 54.6 Å². The molecule has 108 valence electrons. The average Bonchev–Trinajstić information content (AvgIpc) is 2.54. The summed E-state index contributed by atoms with van der Waals surface area (Å²) in [5.41, 5.74) is 1.04. The van der Waals surface area contributed by atoms with E-state index in [-0.39, 0.29) is 11.2 Å². The normalized spacial score (nSPS) is 13.2. The van der Waals surface area contributed by atoms with Crippen molar-refractivity contribution in [3.63, 3.8) is 0 Å². The lowest BCUT2D eigenvalue weighted by molar-refractivity contribution is -0.113. The summed E-state index contributed by atoms with van der Waals surface area (Å²) >= 11 is 5.83. The highest BCUT2D eigenvalue weighted by Gasteiger charge is 2.20. The highest BCUT2D eigenvalue weighted by Crippen LogP contribution is 2.38. The second-order valence-corrected chi connectivity index (χ2v) is 6.15. The first-order valence-electron chi connectivity index (χ1n) is 7.56. The van der Waals surface area contributed by atoms with Crippen molar-refractivity contribution in [1.82, 2.24) is 0 Å². The van der Waals surface area contributed by atoms with Gasteiger partial charge in [0, 0.05) is 0 Å². The minimum Gasteiger partial charge on any atom is -0.281 e. The molecule has 0 aliphatic carbocycles. The Kier molecular flexibility index (Phi) is 3.05. The van der Waals surface area contributed by atoms with Crippen LogP contribution in [0.2, 0.25) is 0 Å². The Morgan fingerprint density at radius 3 is 2.14 bits per heavy atom. The van der Waals surface area contributed by atoms with Crippen molar-refractivity contribution in [2.75, 3.05) is 0 Å². The van der Waals surface area contributed by atoms with E-state index < -0.39 is 0 Å². The highest BCUT2D eigenvalue weighted by molar-refractivity contribution is 6.64. The van der Waals surface area contributed by atoms with E-state index in [1.165, 1.54) is 26.9 Å². The fourth-order valence-corrected chi connectivity index (χ4v) is 3.84. The van der Waals surface area contributed by atoms with Gasteiger partial charge in [-0.2, -0.15) is 0 Å². The third kappa shape index (κ3) is 1.82. The number of hydrogen-bond donors (Lipinski definition) is 0. The van der Waals surface area contributed by atoms with Gasteiger partial charge in [0.25, 0.3) is 0 Å². The van der Waals surface area contributed by atoms with Crippen LogP contribution in [0.5, 0.6) is 0 Å². The van der Waals surface area contributed by atoms with Gasteiger partial charge in [0.05, 0.1) is 5.92 Å². The van der Waals surface area contributed by atoms with Crippen LogP contribution in [0.25, 0.3) is 32.3 Å². The van der Waals surface area contributed by atoms with Crippen LogP contribution in [0.4, 0.5) is 0 Å². The molecule has 0 radical (unpaired) electrons. The van der Waals surface area contributed by atoms with Crippen LogP contribution in [0.1, 0.15) is 24.8 Å². The highest BCUT2D eigenvalue weighted by atomic mass is 35.5. The Morgan fingerprint density at radius 1 is 0.909 bits per heavy atom. The molecule has 22 heavy (non-hydrogen) atoms. The molecule has 1 atom stereocenters. The standard InChI is InChI=1S/C20H15ClO/c1-2-15(20(21)22)16-10-8-14-7-6-12-4-3-5-13-9-11-17(16)19(14)18(12)13/h3-11,15H,2H2,1H3. The number of hydrogen-bond acceptors (Lipinski definition) is 1. The first kappa shape index (κ1) is 13.5. The summed E-state index contributed by atoms with van der Waals surface area (Å²) in [6.45, 7) is 2.00. The number of rotatable bonds is 3. The summed E-state index contributed by atoms with van der Waals surface area (Å²) in [6, 6.07) is 19.1. The second-order valence-electron chi connectivity index (χ2n) is 5.78. The van der Waals surface area contributed by atoms with Crippen LogP contribution in [0.15, 0.2) is 54.6 Å². The van der Waals surface area contributed by atoms with Crippen molar-refractivity contribution in [1.29, 1.82) is 0 Å². The number of halogens is 1. The molecule has 4 aromatic rings. The zero-order valence-electron chi connectivity index (χ0n) is 12.3. The summed E-state index contributed by atoms with van der Waals surface area (Å²) in [5, 5.41) is 7.05. The number of carbonyl (C=O) groups excluding carboxylic acids is 1. The van der Waals surface area contributed by atoms with Crippen molar-refractivity contribution in [3.05, 3.63) is 60.2 Å². The summed E-state index contributed by atoms with van der Waals surface area (Å²) < 4.78 is 0. The molecule has 0 saturated heterocycles. The Labute approximate surface area is 133 Å². The molecule has 0 amide bonds. The van der Waals surface area contributed by atoms with Crippen LogP contribution in [-0.4, -0.2) is 5.24 Å². The molecule has 0 saturated carbocycles. The van der Waals surface area contributed by atoms with Gasteiger partial charge >= 0.3 is 0 Å². The second kappa shape index (κ2) is 4.96. The van der Waals surface area contributed by atoms with Crippen LogP contribution in [-0.2, 0) is 4.79 Å². The molecule has 0 aromatic heterocycles. The summed E-state index contributed by atoms with van der Waals surface area (Å²) in [4.78, 5) is 11.8. The fourth-order valence-electron chi connectivity index (χ4n) is 3.56. The topological polar surface area (TPSA) is 17.1 Å². The predicted molar refractivity (Wildman–Crippen MR) is 94.0 cm³/mol. The van der Waals surface area contributed by atoms with Crippen molar-refractivity contribution in [2.24, 2.45) is 0 Å². The molecule has 2 heteroatoms. The molecular formula is C20H15ClO. The van der Waals surface area contributed by atoms with Crippen LogP contribution < -0.4 is 0 Å². The van der Waals surface area contributed by atoms with Gasteiger partial charge < -0.3 is 0 Å². The van der Waals surface area contributed by atoms with Crippen LogP contribution in [0, 0.1) is 0 Å². The maximum atomic E-state index is 11.8. The first-order valence-corrected chi connectivity index (χ1v) is 7.94. The lowest BCUT2D eigenvalue weighted by Gasteiger charge is -2.17. The van der Waals surface area contributed by atoms with E-state index in [0.29, 0.717) is 6.42 Å². The van der Waals surface area contributed by atoms with Gasteiger partial charge in [-0.1, -0.05) is 61.5 Å². The fraction of sp³-hybridized carbons (Fsp3) is 0.150. The minimum absolute atomic E-state index is 0.244. The maximum Gasteiger partial charge on any atom is 0.229 e. The molecule has 0 fully saturated rings. The van der Waals surface area contributed by atoms with Gasteiger partial charge in [-0.3, -0.25) is 4.79 Å². The first-order chi connectivity index (χ1) is 10.7. The molecule has 1 unspecified atom stereocenters. The van der Waals surface area contributed by atoms with Gasteiger partial charge in [-0.25, -0.2) is 0 Å². The monoisotopic (exact) mass is 306 g/mol. The van der Waals surface area contributed by atoms with E-state index >= 15 is 0 Å². The SMILES string of the molecule is CCC(C(=O)Cl)c1ccc2ccc3cccc4ccc1c2c34. The lowest BCUT2D eigenvalue weighted by atomic mass is 9.87. The Balaban J connectivity index is 2.19. The minimum atomic E-state index is -0.280. The molecule has 1 nitrogen and oxygen atoms in total. The molecular weight excluding hydrogens is 292 g/mol. The van der Waals surface area contributed by atoms with E-state index in [1.807, 2.05) is 6.92 Å². The molecule has 4 rings (SSSR count). The van der Waals surface area contributed by atoms with E-state index in [9.17, 15) is 4.79 Å². The zero-order chi connectivity index (χ0) is 15.3. The Hall–Kier alpha value is -2.12. The van der Waals surface area contributed by atoms with Gasteiger partial charge in [0.1, 0.15) is 0 Å². The molecule has 0 bridgehead atoms. The zero-order valence-corrected chi connectivity index (χ0v) is 13.0. The third-order valence-electron chi connectivity index (χ3n) is 4.62.